The fraction of sp³-hybridized carbons (Fsp3) is 0.278. The van der Waals surface area contributed by atoms with Crippen molar-refractivity contribution >= 4 is 50.7 Å². The van der Waals surface area contributed by atoms with Crippen LogP contribution in [0.25, 0.3) is 0 Å². The quantitative estimate of drug-likeness (QED) is 0.563. The number of rotatable bonds is 2. The van der Waals surface area contributed by atoms with Crippen LogP contribution in [-0.4, -0.2) is 27.4 Å². The van der Waals surface area contributed by atoms with Gasteiger partial charge in [0.15, 0.2) is 5.11 Å². The van der Waals surface area contributed by atoms with E-state index in [2.05, 4.69) is 31.5 Å². The molecular weight excluding hydrogens is 400 g/mol. The molecule has 1 saturated heterocycles. The normalized spacial score (nSPS) is 18.5. The Bertz CT molecular complexity index is 857. The first-order valence-electron chi connectivity index (χ1n) is 8.28. The molecule has 0 spiro atoms. The standard InChI is InChI=1S/C18H17BrN4OS/c19-14-8-4-9-15(21-14)22-18(25)20-12-6-3-5-11-16(12)13-7-1-2-10-23(13)17(11)24/h3-6,8-9,13H,1-2,7,10H2,(H2,20,21,22,25). The molecule has 5 nitrogen and oxygen atoms in total. The minimum atomic E-state index is 0.135. The summed E-state index contributed by atoms with van der Waals surface area (Å²) in [5, 5.41) is 6.80. The third-order valence-electron chi connectivity index (χ3n) is 4.64. The van der Waals surface area contributed by atoms with E-state index in [0.29, 0.717) is 10.9 Å². The van der Waals surface area contributed by atoms with Gasteiger partial charge in [0.2, 0.25) is 0 Å². The number of halogens is 1. The van der Waals surface area contributed by atoms with Crippen molar-refractivity contribution in [1.82, 2.24) is 9.88 Å². The third kappa shape index (κ3) is 3.14. The minimum Gasteiger partial charge on any atom is -0.332 e. The second kappa shape index (κ2) is 6.72. The molecule has 2 aliphatic rings. The summed E-state index contributed by atoms with van der Waals surface area (Å²) in [4.78, 5) is 18.9. The topological polar surface area (TPSA) is 57.3 Å². The second-order valence-corrected chi connectivity index (χ2v) is 7.42. The number of pyridine rings is 1. The summed E-state index contributed by atoms with van der Waals surface area (Å²) in [5.41, 5.74) is 2.76. The first-order chi connectivity index (χ1) is 12.1. The molecule has 25 heavy (non-hydrogen) atoms. The van der Waals surface area contributed by atoms with Crippen LogP contribution < -0.4 is 10.6 Å². The Hall–Kier alpha value is -1.99. The molecular formula is C18H17BrN4OS. The maximum absolute atomic E-state index is 12.6. The monoisotopic (exact) mass is 416 g/mol. The van der Waals surface area contributed by atoms with Crippen molar-refractivity contribution in [1.29, 1.82) is 0 Å². The average Bonchev–Trinajstić information content (AvgIpc) is 2.89. The molecule has 2 N–H and O–H groups in total. The van der Waals surface area contributed by atoms with E-state index in [1.54, 1.807) is 0 Å². The Morgan fingerprint density at radius 3 is 2.88 bits per heavy atom. The number of anilines is 2. The molecule has 1 unspecified atom stereocenters. The number of amides is 1. The number of carbonyl (C=O) groups is 1. The van der Waals surface area contributed by atoms with E-state index in [9.17, 15) is 4.79 Å². The van der Waals surface area contributed by atoms with Gasteiger partial charge in [0.1, 0.15) is 10.4 Å². The average molecular weight is 417 g/mol. The van der Waals surface area contributed by atoms with Crippen LogP contribution in [0.5, 0.6) is 0 Å². The van der Waals surface area contributed by atoms with E-state index >= 15 is 0 Å². The van der Waals surface area contributed by atoms with Crippen molar-refractivity contribution in [2.24, 2.45) is 0 Å². The van der Waals surface area contributed by atoms with Crippen LogP contribution in [0.4, 0.5) is 11.5 Å². The van der Waals surface area contributed by atoms with Crippen LogP contribution in [0.1, 0.15) is 41.2 Å². The largest absolute Gasteiger partial charge is 0.332 e. The molecule has 0 radical (unpaired) electrons. The minimum absolute atomic E-state index is 0.135. The maximum Gasteiger partial charge on any atom is 0.254 e. The molecule has 2 aromatic rings. The van der Waals surface area contributed by atoms with Gasteiger partial charge in [0.05, 0.1) is 6.04 Å². The summed E-state index contributed by atoms with van der Waals surface area (Å²) >= 11 is 8.78. The number of thiocarbonyl (C=S) groups is 1. The third-order valence-corrected chi connectivity index (χ3v) is 5.28. The molecule has 2 aliphatic heterocycles. The lowest BCUT2D eigenvalue weighted by Gasteiger charge is -2.30. The van der Waals surface area contributed by atoms with Crippen molar-refractivity contribution in [3.63, 3.8) is 0 Å². The molecule has 0 saturated carbocycles. The van der Waals surface area contributed by atoms with Crippen LogP contribution in [0.2, 0.25) is 0 Å². The summed E-state index contributed by atoms with van der Waals surface area (Å²) in [6.07, 6.45) is 3.23. The van der Waals surface area contributed by atoms with Gasteiger partial charge in [-0.2, -0.15) is 0 Å². The zero-order valence-electron chi connectivity index (χ0n) is 13.5. The Labute approximate surface area is 159 Å². The molecule has 4 rings (SSSR count). The highest BCUT2D eigenvalue weighted by molar-refractivity contribution is 9.10. The maximum atomic E-state index is 12.6. The van der Waals surface area contributed by atoms with Gasteiger partial charge in [-0.05, 0) is 71.7 Å². The molecule has 1 atom stereocenters. The fourth-order valence-corrected chi connectivity index (χ4v) is 4.16. The highest BCUT2D eigenvalue weighted by Gasteiger charge is 2.39. The van der Waals surface area contributed by atoms with Crippen LogP contribution in [0.3, 0.4) is 0 Å². The van der Waals surface area contributed by atoms with E-state index in [-0.39, 0.29) is 11.9 Å². The van der Waals surface area contributed by atoms with Gasteiger partial charge in [0.25, 0.3) is 5.91 Å². The van der Waals surface area contributed by atoms with Gasteiger partial charge >= 0.3 is 0 Å². The van der Waals surface area contributed by atoms with Gasteiger partial charge in [-0.3, -0.25) is 4.79 Å². The molecule has 128 valence electrons. The molecule has 1 aromatic heterocycles. The summed E-state index contributed by atoms with van der Waals surface area (Å²) in [6, 6.07) is 11.5. The number of carbonyl (C=O) groups excluding carboxylic acids is 1. The molecule has 1 aromatic carbocycles. The number of fused-ring (bicyclic) bond motifs is 3. The van der Waals surface area contributed by atoms with Gasteiger partial charge in [-0.1, -0.05) is 12.1 Å². The lowest BCUT2D eigenvalue weighted by Crippen LogP contribution is -2.32. The van der Waals surface area contributed by atoms with Gasteiger partial charge in [-0.15, -0.1) is 0 Å². The smallest absolute Gasteiger partial charge is 0.254 e. The Morgan fingerprint density at radius 2 is 2.04 bits per heavy atom. The van der Waals surface area contributed by atoms with Crippen LogP contribution in [-0.2, 0) is 0 Å². The lowest BCUT2D eigenvalue weighted by atomic mass is 9.96. The van der Waals surface area contributed by atoms with Gasteiger partial charge in [-0.25, -0.2) is 4.98 Å². The SMILES string of the molecule is O=C1c2cccc(NC(=S)Nc3cccc(Br)n3)c2C2CCCCN12. The van der Waals surface area contributed by atoms with Gasteiger partial charge < -0.3 is 15.5 Å². The van der Waals surface area contributed by atoms with Crippen LogP contribution >= 0.6 is 28.1 Å². The lowest BCUT2D eigenvalue weighted by molar-refractivity contribution is 0.0672. The van der Waals surface area contributed by atoms with Crippen molar-refractivity contribution < 1.29 is 4.79 Å². The Morgan fingerprint density at radius 1 is 1.20 bits per heavy atom. The number of benzene rings is 1. The number of hydrogen-bond acceptors (Lipinski definition) is 3. The number of nitrogens with one attached hydrogen (secondary N) is 2. The first-order valence-corrected chi connectivity index (χ1v) is 9.48. The highest BCUT2D eigenvalue weighted by Crippen LogP contribution is 2.43. The summed E-state index contributed by atoms with van der Waals surface area (Å²) in [5.74, 6) is 0.797. The molecule has 0 bridgehead atoms. The molecule has 1 fully saturated rings. The van der Waals surface area contributed by atoms with E-state index < -0.39 is 0 Å². The summed E-state index contributed by atoms with van der Waals surface area (Å²) in [6.45, 7) is 0.836. The first kappa shape index (κ1) is 16.5. The van der Waals surface area contributed by atoms with E-state index in [0.717, 1.165) is 47.2 Å². The van der Waals surface area contributed by atoms with Crippen molar-refractivity contribution in [3.05, 3.63) is 52.1 Å². The number of nitrogens with zero attached hydrogens (tertiary/aromatic N) is 2. The molecule has 0 aliphatic carbocycles. The van der Waals surface area contributed by atoms with Crippen LogP contribution in [0, 0.1) is 0 Å². The number of piperidine rings is 1. The molecule has 1 amide bonds. The van der Waals surface area contributed by atoms with Crippen molar-refractivity contribution in [2.75, 3.05) is 17.2 Å². The molecule has 7 heteroatoms. The summed E-state index contributed by atoms with van der Waals surface area (Å²) in [7, 11) is 0. The zero-order chi connectivity index (χ0) is 17.4. The second-order valence-electron chi connectivity index (χ2n) is 6.20. The predicted octanol–water partition coefficient (Wildman–Crippen LogP) is 4.33. The Balaban J connectivity index is 1.58. The fourth-order valence-electron chi connectivity index (χ4n) is 3.60. The van der Waals surface area contributed by atoms with Crippen molar-refractivity contribution in [2.45, 2.75) is 25.3 Å². The summed E-state index contributed by atoms with van der Waals surface area (Å²) < 4.78 is 0.740. The van der Waals surface area contributed by atoms with Crippen molar-refractivity contribution in [3.8, 4) is 0 Å². The van der Waals surface area contributed by atoms with E-state index in [4.69, 9.17) is 12.2 Å². The predicted molar refractivity (Wildman–Crippen MR) is 106 cm³/mol. The van der Waals surface area contributed by atoms with Crippen LogP contribution in [0.15, 0.2) is 41.0 Å². The van der Waals surface area contributed by atoms with E-state index in [1.807, 2.05) is 41.3 Å². The zero-order valence-corrected chi connectivity index (χ0v) is 15.9. The van der Waals surface area contributed by atoms with E-state index in [1.165, 1.54) is 0 Å². The number of aromatic nitrogens is 1. The van der Waals surface area contributed by atoms with Gasteiger partial charge in [0, 0.05) is 23.4 Å². The number of hydrogen-bond donors (Lipinski definition) is 2. The highest BCUT2D eigenvalue weighted by atomic mass is 79.9. The molecule has 3 heterocycles. The Kier molecular flexibility index (Phi) is 4.43.